The molecule has 2 rings (SSSR count). The number of aliphatic imine (C=N–C) groups is 1. The van der Waals surface area contributed by atoms with Crippen LogP contribution in [0.3, 0.4) is 0 Å². The molecular formula is C21H34N6O. The third kappa shape index (κ3) is 6.05. The molecule has 0 aliphatic carbocycles. The van der Waals surface area contributed by atoms with Crippen LogP contribution in [-0.2, 0) is 11.3 Å². The van der Waals surface area contributed by atoms with Gasteiger partial charge in [0.25, 0.3) is 0 Å². The fraction of sp³-hybridized carbons (Fsp3) is 0.571. The molecule has 0 aliphatic heterocycles. The van der Waals surface area contributed by atoms with Crippen molar-refractivity contribution in [3.05, 3.63) is 41.3 Å². The van der Waals surface area contributed by atoms with E-state index < -0.39 is 0 Å². The quantitative estimate of drug-likeness (QED) is 0.565. The lowest BCUT2D eigenvalue weighted by Crippen LogP contribution is -2.45. The van der Waals surface area contributed by atoms with Crippen LogP contribution in [0, 0.1) is 19.3 Å². The van der Waals surface area contributed by atoms with Crippen molar-refractivity contribution in [2.75, 3.05) is 20.2 Å². The molecule has 2 aromatic heterocycles. The van der Waals surface area contributed by atoms with Gasteiger partial charge in [-0.1, -0.05) is 26.8 Å². The molecule has 7 heteroatoms. The Hall–Kier alpha value is -2.41. The number of methoxy groups -OCH3 is 1. The molecule has 28 heavy (non-hydrogen) atoms. The maximum atomic E-state index is 5.61. The molecule has 0 bridgehead atoms. The van der Waals surface area contributed by atoms with Gasteiger partial charge in [0.2, 0.25) is 0 Å². The first-order valence-electron chi connectivity index (χ1n) is 9.78. The summed E-state index contributed by atoms with van der Waals surface area (Å²) in [7, 11) is 1.75. The highest BCUT2D eigenvalue weighted by atomic mass is 16.5. The Balaban J connectivity index is 2.03. The molecule has 2 N–H and O–H groups in total. The minimum atomic E-state index is 0.0574. The standard InChI is InChI=1S/C21H34N6O/c1-8-22-20(25-14-18(28-7)21(4,5)6)24-13-17-9-10-19(23-12-17)27-16(3)11-15(2)26-27/h9-12,18H,8,13-14H2,1-7H3,(H2,22,24,25). The SMILES string of the molecule is CCNC(=NCc1ccc(-n2nc(C)cc2C)nc1)NCC(OC)C(C)(C)C. The Labute approximate surface area is 168 Å². The summed E-state index contributed by atoms with van der Waals surface area (Å²) in [6.45, 7) is 14.6. The molecule has 0 saturated heterocycles. The van der Waals surface area contributed by atoms with Crippen molar-refractivity contribution in [2.24, 2.45) is 10.4 Å². The van der Waals surface area contributed by atoms with Crippen molar-refractivity contribution in [3.63, 3.8) is 0 Å². The lowest BCUT2D eigenvalue weighted by molar-refractivity contribution is 0.0205. The third-order valence-corrected chi connectivity index (χ3v) is 4.51. The normalized spacial score (nSPS) is 13.5. The first kappa shape index (κ1) is 21.9. The molecule has 2 aromatic rings. The number of rotatable bonds is 7. The lowest BCUT2D eigenvalue weighted by atomic mass is 9.89. The van der Waals surface area contributed by atoms with E-state index in [2.05, 4.69) is 53.4 Å². The number of guanidine groups is 1. The molecule has 7 nitrogen and oxygen atoms in total. The van der Waals surface area contributed by atoms with E-state index in [1.165, 1.54) is 0 Å². The van der Waals surface area contributed by atoms with Crippen LogP contribution in [0.25, 0.3) is 5.82 Å². The van der Waals surface area contributed by atoms with E-state index in [0.717, 1.165) is 35.3 Å². The van der Waals surface area contributed by atoms with Crippen molar-refractivity contribution in [3.8, 4) is 5.82 Å². The monoisotopic (exact) mass is 386 g/mol. The fourth-order valence-corrected chi connectivity index (χ4v) is 2.94. The molecule has 0 fully saturated rings. The zero-order valence-electron chi connectivity index (χ0n) is 18.2. The van der Waals surface area contributed by atoms with E-state index in [1.54, 1.807) is 7.11 Å². The zero-order valence-corrected chi connectivity index (χ0v) is 18.2. The molecule has 0 aromatic carbocycles. The van der Waals surface area contributed by atoms with Crippen molar-refractivity contribution in [1.82, 2.24) is 25.4 Å². The summed E-state index contributed by atoms with van der Waals surface area (Å²) in [5.41, 5.74) is 3.16. The second kappa shape index (κ2) is 9.68. The van der Waals surface area contributed by atoms with Gasteiger partial charge in [-0.2, -0.15) is 5.10 Å². The summed E-state index contributed by atoms with van der Waals surface area (Å²) in [5, 5.41) is 11.1. The van der Waals surface area contributed by atoms with Gasteiger partial charge in [-0.25, -0.2) is 14.7 Å². The third-order valence-electron chi connectivity index (χ3n) is 4.51. The number of aromatic nitrogens is 3. The van der Waals surface area contributed by atoms with E-state index in [9.17, 15) is 0 Å². The zero-order chi connectivity index (χ0) is 20.7. The van der Waals surface area contributed by atoms with Gasteiger partial charge in [0.15, 0.2) is 11.8 Å². The van der Waals surface area contributed by atoms with Crippen LogP contribution >= 0.6 is 0 Å². The van der Waals surface area contributed by atoms with Gasteiger partial charge in [-0.3, -0.25) is 0 Å². The van der Waals surface area contributed by atoms with Crippen molar-refractivity contribution in [1.29, 1.82) is 0 Å². The fourth-order valence-electron chi connectivity index (χ4n) is 2.94. The molecule has 0 aliphatic rings. The van der Waals surface area contributed by atoms with Crippen LogP contribution in [0.4, 0.5) is 0 Å². The molecule has 0 saturated carbocycles. The first-order chi connectivity index (χ1) is 13.2. The van der Waals surface area contributed by atoms with E-state index in [0.29, 0.717) is 13.1 Å². The molecule has 1 unspecified atom stereocenters. The molecule has 1 atom stereocenters. The predicted octanol–water partition coefficient (Wildman–Crippen LogP) is 3.00. The van der Waals surface area contributed by atoms with Crippen molar-refractivity contribution >= 4 is 5.96 Å². The maximum absolute atomic E-state index is 5.61. The Morgan fingerprint density at radius 1 is 1.25 bits per heavy atom. The summed E-state index contributed by atoms with van der Waals surface area (Å²) < 4.78 is 7.46. The minimum absolute atomic E-state index is 0.0574. The van der Waals surface area contributed by atoms with Crippen LogP contribution in [-0.4, -0.2) is 47.0 Å². The van der Waals surface area contributed by atoms with Gasteiger partial charge < -0.3 is 15.4 Å². The molecule has 154 valence electrons. The predicted molar refractivity (Wildman–Crippen MR) is 114 cm³/mol. The van der Waals surface area contributed by atoms with Gasteiger partial charge in [-0.05, 0) is 43.9 Å². The van der Waals surface area contributed by atoms with Crippen LogP contribution in [0.1, 0.15) is 44.6 Å². The number of ether oxygens (including phenoxy) is 1. The van der Waals surface area contributed by atoms with Crippen LogP contribution < -0.4 is 10.6 Å². The van der Waals surface area contributed by atoms with Crippen LogP contribution in [0.2, 0.25) is 0 Å². The summed E-state index contributed by atoms with van der Waals surface area (Å²) in [5.74, 6) is 1.59. The molecule has 0 radical (unpaired) electrons. The van der Waals surface area contributed by atoms with E-state index in [4.69, 9.17) is 4.74 Å². The average molecular weight is 387 g/mol. The molecule has 0 amide bonds. The summed E-state index contributed by atoms with van der Waals surface area (Å²) >= 11 is 0. The molecular weight excluding hydrogens is 352 g/mol. The topological polar surface area (TPSA) is 76.4 Å². The van der Waals surface area contributed by atoms with E-state index in [1.807, 2.05) is 42.9 Å². The number of pyridine rings is 1. The number of nitrogens with zero attached hydrogens (tertiary/aromatic N) is 4. The van der Waals surface area contributed by atoms with Gasteiger partial charge in [0.1, 0.15) is 0 Å². The van der Waals surface area contributed by atoms with Crippen LogP contribution in [0.15, 0.2) is 29.4 Å². The average Bonchev–Trinajstić information content (AvgIpc) is 2.97. The summed E-state index contributed by atoms with van der Waals surface area (Å²) in [4.78, 5) is 9.21. The molecule has 0 spiro atoms. The van der Waals surface area contributed by atoms with Crippen molar-refractivity contribution < 1.29 is 4.74 Å². The Kier molecular flexibility index (Phi) is 7.57. The van der Waals surface area contributed by atoms with Crippen LogP contribution in [0.5, 0.6) is 0 Å². The lowest BCUT2D eigenvalue weighted by Gasteiger charge is -2.30. The largest absolute Gasteiger partial charge is 0.379 e. The van der Waals surface area contributed by atoms with Crippen molar-refractivity contribution in [2.45, 2.75) is 54.2 Å². The van der Waals surface area contributed by atoms with E-state index >= 15 is 0 Å². The highest BCUT2D eigenvalue weighted by Crippen LogP contribution is 2.20. The summed E-state index contributed by atoms with van der Waals surface area (Å²) in [6, 6.07) is 6.06. The van der Waals surface area contributed by atoms with Gasteiger partial charge in [0.05, 0.1) is 18.3 Å². The Morgan fingerprint density at radius 2 is 2.00 bits per heavy atom. The number of hydrogen-bond donors (Lipinski definition) is 2. The second-order valence-corrected chi connectivity index (χ2v) is 8.03. The Bertz CT molecular complexity index is 773. The smallest absolute Gasteiger partial charge is 0.191 e. The number of nitrogens with one attached hydrogen (secondary N) is 2. The second-order valence-electron chi connectivity index (χ2n) is 8.03. The first-order valence-corrected chi connectivity index (χ1v) is 9.78. The number of aryl methyl sites for hydroxylation is 2. The minimum Gasteiger partial charge on any atom is -0.379 e. The van der Waals surface area contributed by atoms with E-state index in [-0.39, 0.29) is 11.5 Å². The van der Waals surface area contributed by atoms with Gasteiger partial charge >= 0.3 is 0 Å². The van der Waals surface area contributed by atoms with Gasteiger partial charge in [0, 0.05) is 32.1 Å². The highest BCUT2D eigenvalue weighted by molar-refractivity contribution is 5.79. The Morgan fingerprint density at radius 3 is 2.50 bits per heavy atom. The van der Waals surface area contributed by atoms with Gasteiger partial charge in [-0.15, -0.1) is 0 Å². The highest BCUT2D eigenvalue weighted by Gasteiger charge is 2.24. The summed E-state index contributed by atoms with van der Waals surface area (Å²) in [6.07, 6.45) is 1.95. The number of hydrogen-bond acceptors (Lipinski definition) is 4. The maximum Gasteiger partial charge on any atom is 0.191 e. The molecule has 2 heterocycles.